The van der Waals surface area contributed by atoms with Crippen LogP contribution in [0.4, 0.5) is 0 Å². The van der Waals surface area contributed by atoms with Gasteiger partial charge in [-0.25, -0.2) is 4.98 Å². The summed E-state index contributed by atoms with van der Waals surface area (Å²) in [6.45, 7) is 4.36. The van der Waals surface area contributed by atoms with Crippen LogP contribution in [0.15, 0.2) is 82.1 Å². The van der Waals surface area contributed by atoms with Crippen molar-refractivity contribution in [3.63, 3.8) is 0 Å². The Morgan fingerprint density at radius 1 is 0.897 bits per heavy atom. The maximum Gasteiger partial charge on any atom is 0.266 e. The van der Waals surface area contributed by atoms with Crippen LogP contribution in [0.25, 0.3) is 28.7 Å². The van der Waals surface area contributed by atoms with E-state index in [2.05, 4.69) is 54.0 Å². The highest BCUT2D eigenvalue weighted by Gasteiger charge is 2.11. The van der Waals surface area contributed by atoms with Gasteiger partial charge < -0.3 is 0 Å². The predicted octanol–water partition coefficient (Wildman–Crippen LogP) is 6.44. The van der Waals surface area contributed by atoms with Crippen LogP contribution in [0, 0.1) is 0 Å². The highest BCUT2D eigenvalue weighted by atomic mass is 79.9. The summed E-state index contributed by atoms with van der Waals surface area (Å²) >= 11 is 3.46. The lowest BCUT2D eigenvalue weighted by molar-refractivity contribution is 0.866. The predicted molar refractivity (Wildman–Crippen MR) is 124 cm³/mol. The summed E-state index contributed by atoms with van der Waals surface area (Å²) in [5.41, 5.74) is 3.77. The molecule has 0 N–H and O–H groups in total. The van der Waals surface area contributed by atoms with Crippen molar-refractivity contribution in [2.75, 3.05) is 0 Å². The van der Waals surface area contributed by atoms with E-state index < -0.39 is 0 Å². The molecule has 0 amide bonds. The maximum absolute atomic E-state index is 13.2. The van der Waals surface area contributed by atoms with Gasteiger partial charge in [-0.15, -0.1) is 0 Å². The van der Waals surface area contributed by atoms with Gasteiger partial charge in [0.2, 0.25) is 0 Å². The van der Waals surface area contributed by atoms with E-state index in [0.717, 1.165) is 15.7 Å². The Morgan fingerprint density at radius 3 is 2.28 bits per heavy atom. The first kappa shape index (κ1) is 19.3. The van der Waals surface area contributed by atoms with Gasteiger partial charge in [-0.05, 0) is 59.5 Å². The monoisotopic (exact) mass is 444 g/mol. The lowest BCUT2D eigenvalue weighted by atomic mass is 10.0. The van der Waals surface area contributed by atoms with Crippen molar-refractivity contribution in [3.05, 3.63) is 105 Å². The van der Waals surface area contributed by atoms with Crippen LogP contribution in [0.2, 0.25) is 0 Å². The average molecular weight is 445 g/mol. The number of halogens is 1. The van der Waals surface area contributed by atoms with Crippen molar-refractivity contribution >= 4 is 39.0 Å². The molecule has 0 bridgehead atoms. The molecule has 0 fully saturated rings. The molecule has 0 saturated heterocycles. The second kappa shape index (κ2) is 8.18. The largest absolute Gasteiger partial charge is 0.268 e. The molecular formula is C25H21BrN2O. The second-order valence-corrected chi connectivity index (χ2v) is 8.17. The first-order valence-electron chi connectivity index (χ1n) is 9.59. The summed E-state index contributed by atoms with van der Waals surface area (Å²) in [4.78, 5) is 18.0. The summed E-state index contributed by atoms with van der Waals surface area (Å²) < 4.78 is 2.62. The number of para-hydroxylation sites is 1. The summed E-state index contributed by atoms with van der Waals surface area (Å²) in [5, 5.41) is 0.605. The van der Waals surface area contributed by atoms with E-state index in [0.29, 0.717) is 22.6 Å². The van der Waals surface area contributed by atoms with Crippen LogP contribution in [-0.2, 0) is 0 Å². The molecule has 0 aliphatic carbocycles. The third kappa shape index (κ3) is 4.08. The minimum Gasteiger partial charge on any atom is -0.268 e. The normalized spacial score (nSPS) is 11.6. The zero-order valence-corrected chi connectivity index (χ0v) is 17.9. The van der Waals surface area contributed by atoms with E-state index in [4.69, 9.17) is 4.98 Å². The van der Waals surface area contributed by atoms with Gasteiger partial charge in [-0.1, -0.05) is 72.3 Å². The van der Waals surface area contributed by atoms with E-state index in [1.807, 2.05) is 60.7 Å². The Kier molecular flexibility index (Phi) is 5.45. The van der Waals surface area contributed by atoms with Gasteiger partial charge in [0.25, 0.3) is 5.56 Å². The molecular weight excluding hydrogens is 424 g/mol. The molecule has 1 aromatic heterocycles. The molecule has 1 heterocycles. The quantitative estimate of drug-likeness (QED) is 0.362. The summed E-state index contributed by atoms with van der Waals surface area (Å²) in [6.07, 6.45) is 3.90. The number of aromatic nitrogens is 2. The lowest BCUT2D eigenvalue weighted by Gasteiger charge is -2.11. The van der Waals surface area contributed by atoms with Gasteiger partial charge >= 0.3 is 0 Å². The smallest absolute Gasteiger partial charge is 0.266 e. The average Bonchev–Trinajstić information content (AvgIpc) is 2.73. The molecule has 0 unspecified atom stereocenters. The van der Waals surface area contributed by atoms with Crippen LogP contribution >= 0.6 is 15.9 Å². The molecule has 4 rings (SSSR count). The van der Waals surface area contributed by atoms with E-state index in [1.165, 1.54) is 5.56 Å². The molecule has 0 aliphatic rings. The van der Waals surface area contributed by atoms with Gasteiger partial charge in [-0.2, -0.15) is 0 Å². The van der Waals surface area contributed by atoms with Crippen molar-refractivity contribution in [2.45, 2.75) is 19.8 Å². The zero-order valence-electron chi connectivity index (χ0n) is 16.3. The second-order valence-electron chi connectivity index (χ2n) is 7.26. The van der Waals surface area contributed by atoms with Crippen molar-refractivity contribution in [1.82, 2.24) is 9.55 Å². The maximum atomic E-state index is 13.2. The fourth-order valence-corrected chi connectivity index (χ4v) is 3.53. The van der Waals surface area contributed by atoms with Crippen molar-refractivity contribution < 1.29 is 0 Å². The third-order valence-electron chi connectivity index (χ3n) is 4.91. The van der Waals surface area contributed by atoms with E-state index in [-0.39, 0.29) is 5.56 Å². The fourth-order valence-electron chi connectivity index (χ4n) is 3.26. The van der Waals surface area contributed by atoms with Gasteiger partial charge in [0, 0.05) is 4.47 Å². The number of rotatable bonds is 4. The molecule has 0 aliphatic heterocycles. The first-order chi connectivity index (χ1) is 14.0. The Morgan fingerprint density at radius 2 is 1.59 bits per heavy atom. The molecule has 0 atom stereocenters. The van der Waals surface area contributed by atoms with E-state index in [9.17, 15) is 4.79 Å². The number of benzene rings is 3. The Hall–Kier alpha value is -2.98. The Bertz CT molecular complexity index is 1240. The highest BCUT2D eigenvalue weighted by molar-refractivity contribution is 9.10. The van der Waals surface area contributed by atoms with Crippen molar-refractivity contribution in [3.8, 4) is 5.69 Å². The van der Waals surface area contributed by atoms with Crippen LogP contribution < -0.4 is 5.56 Å². The third-order valence-corrected chi connectivity index (χ3v) is 5.44. The standard InChI is InChI=1S/C25H21BrN2O/c1-17(2)19-10-7-18(8-11-19)9-16-24-27-23-6-4-3-5-22(23)25(29)28(24)21-14-12-20(26)13-15-21/h3-17H,1-2H3/b16-9+. The minimum absolute atomic E-state index is 0.0762. The van der Waals surface area contributed by atoms with E-state index in [1.54, 1.807) is 4.57 Å². The van der Waals surface area contributed by atoms with Crippen LogP contribution in [0.3, 0.4) is 0 Å². The van der Waals surface area contributed by atoms with Gasteiger partial charge in [0.15, 0.2) is 0 Å². The molecule has 0 radical (unpaired) electrons. The molecule has 3 nitrogen and oxygen atoms in total. The van der Waals surface area contributed by atoms with Gasteiger partial charge in [-0.3, -0.25) is 9.36 Å². The molecule has 3 aromatic carbocycles. The lowest BCUT2D eigenvalue weighted by Crippen LogP contribution is -2.22. The Labute approximate surface area is 178 Å². The molecule has 144 valence electrons. The van der Waals surface area contributed by atoms with Crippen LogP contribution in [-0.4, -0.2) is 9.55 Å². The summed E-state index contributed by atoms with van der Waals surface area (Å²) in [5.74, 6) is 1.10. The summed E-state index contributed by atoms with van der Waals surface area (Å²) in [6, 6.07) is 23.6. The van der Waals surface area contributed by atoms with Crippen LogP contribution in [0.5, 0.6) is 0 Å². The van der Waals surface area contributed by atoms with Crippen molar-refractivity contribution in [1.29, 1.82) is 0 Å². The first-order valence-corrected chi connectivity index (χ1v) is 10.4. The van der Waals surface area contributed by atoms with Gasteiger partial charge in [0.1, 0.15) is 5.82 Å². The van der Waals surface area contributed by atoms with Crippen LogP contribution in [0.1, 0.15) is 36.7 Å². The highest BCUT2D eigenvalue weighted by Crippen LogP contribution is 2.19. The molecule has 29 heavy (non-hydrogen) atoms. The summed E-state index contributed by atoms with van der Waals surface area (Å²) in [7, 11) is 0. The topological polar surface area (TPSA) is 34.9 Å². The van der Waals surface area contributed by atoms with Gasteiger partial charge in [0.05, 0.1) is 16.6 Å². The molecule has 4 aromatic rings. The molecule has 0 saturated carbocycles. The number of hydrogen-bond acceptors (Lipinski definition) is 2. The zero-order chi connectivity index (χ0) is 20.4. The number of hydrogen-bond donors (Lipinski definition) is 0. The molecule has 4 heteroatoms. The molecule has 0 spiro atoms. The Balaban J connectivity index is 1.85. The SMILES string of the molecule is CC(C)c1ccc(/C=C/c2nc3ccccc3c(=O)n2-c2ccc(Br)cc2)cc1. The van der Waals surface area contributed by atoms with E-state index >= 15 is 0 Å². The number of nitrogens with zero attached hydrogens (tertiary/aromatic N) is 2. The minimum atomic E-state index is -0.0762. The fraction of sp³-hybridized carbons (Fsp3) is 0.120. The number of fused-ring (bicyclic) bond motifs is 1. The van der Waals surface area contributed by atoms with Crippen molar-refractivity contribution in [2.24, 2.45) is 0 Å².